The van der Waals surface area contributed by atoms with Gasteiger partial charge in [0.15, 0.2) is 5.69 Å². The summed E-state index contributed by atoms with van der Waals surface area (Å²) in [4.78, 5) is 29.5. The Morgan fingerprint density at radius 1 is 1.14 bits per heavy atom. The molecule has 5 nitrogen and oxygen atoms in total. The van der Waals surface area contributed by atoms with E-state index in [0.717, 1.165) is 23.3 Å². The first kappa shape index (κ1) is 19.6. The highest BCUT2D eigenvalue weighted by molar-refractivity contribution is 6.03. The second kappa shape index (κ2) is 7.10. The number of hydrogen-bond donors (Lipinski definition) is 1. The Morgan fingerprint density at radius 3 is 2.46 bits per heavy atom. The van der Waals surface area contributed by atoms with Gasteiger partial charge in [0.2, 0.25) is 0 Å². The van der Waals surface area contributed by atoms with Gasteiger partial charge < -0.3 is 9.88 Å². The highest BCUT2D eigenvalue weighted by atomic mass is 19.4. The Labute approximate surface area is 158 Å². The summed E-state index contributed by atoms with van der Waals surface area (Å²) < 4.78 is 40.0. The summed E-state index contributed by atoms with van der Waals surface area (Å²) in [5, 5.41) is 2.34. The molecular weight excluding hydrogens is 371 g/mol. The molecule has 0 atom stereocenters. The summed E-state index contributed by atoms with van der Waals surface area (Å²) in [5.41, 5.74) is 1.09. The first-order chi connectivity index (χ1) is 13.1. The average molecular weight is 389 g/mol. The number of aryl methyl sites for hydroxylation is 3. The average Bonchev–Trinajstić information content (AvgIpc) is 2.62. The molecule has 0 aliphatic rings. The Balaban J connectivity index is 2.06. The molecule has 3 aromatic rings. The Bertz CT molecular complexity index is 1130. The van der Waals surface area contributed by atoms with Crippen molar-refractivity contribution in [3.05, 3.63) is 69.1 Å². The van der Waals surface area contributed by atoms with Crippen molar-refractivity contribution >= 4 is 22.6 Å². The zero-order chi connectivity index (χ0) is 20.6. The predicted octanol–water partition coefficient (Wildman–Crippen LogP) is 4.30. The minimum atomic E-state index is -4.54. The van der Waals surface area contributed by atoms with E-state index >= 15 is 0 Å². The van der Waals surface area contributed by atoms with Crippen LogP contribution in [-0.2, 0) is 12.7 Å². The van der Waals surface area contributed by atoms with Gasteiger partial charge in [-0.15, -0.1) is 0 Å². The van der Waals surface area contributed by atoms with E-state index in [1.807, 2.05) is 19.9 Å². The van der Waals surface area contributed by atoms with E-state index in [1.54, 1.807) is 13.0 Å². The van der Waals surface area contributed by atoms with Crippen LogP contribution >= 0.6 is 0 Å². The fourth-order valence-corrected chi connectivity index (χ4v) is 2.92. The van der Waals surface area contributed by atoms with Gasteiger partial charge in [-0.3, -0.25) is 9.59 Å². The maximum absolute atomic E-state index is 12.9. The molecule has 3 rings (SSSR count). The van der Waals surface area contributed by atoms with Gasteiger partial charge in [0, 0.05) is 12.2 Å². The molecule has 0 saturated heterocycles. The van der Waals surface area contributed by atoms with Gasteiger partial charge in [-0.05, 0) is 62.2 Å². The second-order valence-electron chi connectivity index (χ2n) is 6.47. The first-order valence-corrected chi connectivity index (χ1v) is 8.62. The van der Waals surface area contributed by atoms with Crippen LogP contribution in [-0.4, -0.2) is 15.5 Å². The van der Waals surface area contributed by atoms with Gasteiger partial charge in [0.05, 0.1) is 16.6 Å². The molecule has 1 aromatic heterocycles. The van der Waals surface area contributed by atoms with Crippen LogP contribution < -0.4 is 10.9 Å². The molecule has 1 amide bonds. The van der Waals surface area contributed by atoms with Crippen LogP contribution in [0.25, 0.3) is 11.0 Å². The second-order valence-corrected chi connectivity index (χ2v) is 6.47. The fourth-order valence-electron chi connectivity index (χ4n) is 2.92. The van der Waals surface area contributed by atoms with E-state index in [0.29, 0.717) is 17.6 Å². The smallest absolute Gasteiger partial charge is 0.320 e. The zero-order valence-electron chi connectivity index (χ0n) is 15.5. The van der Waals surface area contributed by atoms with E-state index < -0.39 is 23.2 Å². The number of nitrogens with zero attached hydrogens (tertiary/aromatic N) is 2. The minimum Gasteiger partial charge on any atom is -0.320 e. The summed E-state index contributed by atoms with van der Waals surface area (Å²) in [6.07, 6.45) is -4.54. The third kappa shape index (κ3) is 3.62. The zero-order valence-corrected chi connectivity index (χ0v) is 15.5. The molecule has 1 heterocycles. The van der Waals surface area contributed by atoms with Crippen molar-refractivity contribution in [2.24, 2.45) is 0 Å². The SMILES string of the molecule is CCn1c(=O)c(C(=O)Nc2cccc(C(F)(F)F)c2)nc2cc(C)c(C)cc21. The first-order valence-electron chi connectivity index (χ1n) is 8.62. The lowest BCUT2D eigenvalue weighted by molar-refractivity contribution is -0.137. The lowest BCUT2D eigenvalue weighted by atomic mass is 10.1. The normalized spacial score (nSPS) is 11.6. The summed E-state index contributed by atoms with van der Waals surface area (Å²) in [6, 6.07) is 7.82. The maximum Gasteiger partial charge on any atom is 0.416 e. The molecule has 0 aliphatic heterocycles. The van der Waals surface area contributed by atoms with E-state index in [4.69, 9.17) is 0 Å². The van der Waals surface area contributed by atoms with Crippen molar-refractivity contribution in [1.29, 1.82) is 0 Å². The molecule has 0 fully saturated rings. The quantitative estimate of drug-likeness (QED) is 0.726. The highest BCUT2D eigenvalue weighted by Gasteiger charge is 2.30. The van der Waals surface area contributed by atoms with Crippen molar-refractivity contribution in [2.45, 2.75) is 33.5 Å². The van der Waals surface area contributed by atoms with Crippen LogP contribution in [0.2, 0.25) is 0 Å². The number of hydrogen-bond acceptors (Lipinski definition) is 3. The maximum atomic E-state index is 12.9. The van der Waals surface area contributed by atoms with Crippen LogP contribution in [0, 0.1) is 13.8 Å². The summed E-state index contributed by atoms with van der Waals surface area (Å²) in [7, 11) is 0. The van der Waals surface area contributed by atoms with Crippen molar-refractivity contribution in [1.82, 2.24) is 9.55 Å². The Hall–Kier alpha value is -3.16. The lowest BCUT2D eigenvalue weighted by Gasteiger charge is -2.13. The third-order valence-corrected chi connectivity index (χ3v) is 4.54. The number of fused-ring (bicyclic) bond motifs is 1. The standard InChI is InChI=1S/C20H18F3N3O2/c1-4-26-16-9-12(3)11(2)8-15(16)25-17(19(26)28)18(27)24-14-7-5-6-13(10-14)20(21,22)23/h5-10H,4H2,1-3H3,(H,24,27). The Morgan fingerprint density at radius 2 is 1.82 bits per heavy atom. The monoisotopic (exact) mass is 389 g/mol. The number of carbonyl (C=O) groups is 1. The molecule has 0 bridgehead atoms. The van der Waals surface area contributed by atoms with Gasteiger partial charge >= 0.3 is 6.18 Å². The van der Waals surface area contributed by atoms with Crippen molar-refractivity contribution < 1.29 is 18.0 Å². The molecule has 2 aromatic carbocycles. The van der Waals surface area contributed by atoms with Crippen LogP contribution in [0.15, 0.2) is 41.2 Å². The van der Waals surface area contributed by atoms with Crippen LogP contribution in [0.5, 0.6) is 0 Å². The van der Waals surface area contributed by atoms with Crippen molar-refractivity contribution in [3.8, 4) is 0 Å². The number of amides is 1. The number of aromatic nitrogens is 2. The lowest BCUT2D eigenvalue weighted by Crippen LogP contribution is -2.31. The summed E-state index contributed by atoms with van der Waals surface area (Å²) in [5.74, 6) is -0.855. The number of nitrogens with one attached hydrogen (secondary N) is 1. The molecule has 0 aliphatic carbocycles. The van der Waals surface area contributed by atoms with Gasteiger partial charge in [0.25, 0.3) is 11.5 Å². The van der Waals surface area contributed by atoms with Crippen LogP contribution in [0.3, 0.4) is 0 Å². The molecule has 28 heavy (non-hydrogen) atoms. The van der Waals surface area contributed by atoms with Crippen LogP contribution in [0.1, 0.15) is 34.1 Å². The van der Waals surface area contributed by atoms with Gasteiger partial charge in [-0.25, -0.2) is 4.98 Å². The molecule has 0 saturated carbocycles. The number of rotatable bonds is 3. The van der Waals surface area contributed by atoms with Crippen LogP contribution in [0.4, 0.5) is 18.9 Å². The summed E-state index contributed by atoms with van der Waals surface area (Å²) in [6.45, 7) is 5.89. The van der Waals surface area contributed by atoms with E-state index in [1.165, 1.54) is 16.7 Å². The number of alkyl halides is 3. The van der Waals surface area contributed by atoms with Gasteiger partial charge in [0.1, 0.15) is 0 Å². The molecule has 8 heteroatoms. The van der Waals surface area contributed by atoms with Gasteiger partial charge in [-0.2, -0.15) is 13.2 Å². The number of anilines is 1. The largest absolute Gasteiger partial charge is 0.416 e. The van der Waals surface area contributed by atoms with Crippen molar-refractivity contribution in [2.75, 3.05) is 5.32 Å². The highest BCUT2D eigenvalue weighted by Crippen LogP contribution is 2.30. The van der Waals surface area contributed by atoms with E-state index in [9.17, 15) is 22.8 Å². The molecule has 0 spiro atoms. The van der Waals surface area contributed by atoms with Gasteiger partial charge in [-0.1, -0.05) is 6.07 Å². The molecule has 0 radical (unpaired) electrons. The third-order valence-electron chi connectivity index (χ3n) is 4.54. The topological polar surface area (TPSA) is 64.0 Å². The number of halogens is 3. The number of benzene rings is 2. The van der Waals surface area contributed by atoms with E-state index in [2.05, 4.69) is 10.3 Å². The Kier molecular flexibility index (Phi) is 4.97. The molecular formula is C20H18F3N3O2. The summed E-state index contributed by atoms with van der Waals surface area (Å²) >= 11 is 0. The molecule has 1 N–H and O–H groups in total. The van der Waals surface area contributed by atoms with Crippen molar-refractivity contribution in [3.63, 3.8) is 0 Å². The number of carbonyl (C=O) groups excluding carboxylic acids is 1. The fraction of sp³-hybridized carbons (Fsp3) is 0.250. The molecule has 0 unspecified atom stereocenters. The minimum absolute atomic E-state index is 0.0655. The predicted molar refractivity (Wildman–Crippen MR) is 101 cm³/mol. The molecule has 146 valence electrons. The van der Waals surface area contributed by atoms with E-state index in [-0.39, 0.29) is 11.4 Å².